The van der Waals surface area contributed by atoms with Gasteiger partial charge in [-0.1, -0.05) is 45.7 Å². The summed E-state index contributed by atoms with van der Waals surface area (Å²) in [4.78, 5) is 0. The standard InChI is InChI=1S/C20H19BrClN3/c1-13-17(22)9-5-10-18(13)25-20-16(8-2-3-11-23-20)19(24-25)14-6-4-7-15(21)12-14/h4-7,9-10,12,23H,2-3,8,11H2,1H3. The third-order valence-corrected chi connectivity index (χ3v) is 5.60. The maximum absolute atomic E-state index is 6.36. The van der Waals surface area contributed by atoms with Crippen molar-refractivity contribution in [2.75, 3.05) is 11.9 Å². The van der Waals surface area contributed by atoms with E-state index < -0.39 is 0 Å². The summed E-state index contributed by atoms with van der Waals surface area (Å²) in [5, 5.41) is 9.34. The predicted octanol–water partition coefficient (Wildman–Crippen LogP) is 6.01. The first-order valence-electron chi connectivity index (χ1n) is 8.52. The van der Waals surface area contributed by atoms with Gasteiger partial charge in [-0.2, -0.15) is 5.10 Å². The fourth-order valence-electron chi connectivity index (χ4n) is 3.37. The average Bonchev–Trinajstić information content (AvgIpc) is 2.79. The summed E-state index contributed by atoms with van der Waals surface area (Å²) >= 11 is 9.93. The number of rotatable bonds is 2. The quantitative estimate of drug-likeness (QED) is 0.554. The van der Waals surface area contributed by atoms with Crippen LogP contribution in [0.5, 0.6) is 0 Å². The highest BCUT2D eigenvalue weighted by Gasteiger charge is 2.22. The van der Waals surface area contributed by atoms with Crippen molar-refractivity contribution in [3.63, 3.8) is 0 Å². The maximum Gasteiger partial charge on any atom is 0.133 e. The van der Waals surface area contributed by atoms with Crippen LogP contribution in [0, 0.1) is 6.92 Å². The molecule has 4 rings (SSSR count). The first-order chi connectivity index (χ1) is 12.1. The molecule has 0 radical (unpaired) electrons. The monoisotopic (exact) mass is 415 g/mol. The van der Waals surface area contributed by atoms with Gasteiger partial charge in [0.25, 0.3) is 0 Å². The van der Waals surface area contributed by atoms with Crippen LogP contribution < -0.4 is 5.32 Å². The number of nitrogens with zero attached hydrogens (tertiary/aromatic N) is 2. The third-order valence-electron chi connectivity index (χ3n) is 4.69. The molecule has 1 aromatic heterocycles. The predicted molar refractivity (Wildman–Crippen MR) is 108 cm³/mol. The van der Waals surface area contributed by atoms with E-state index >= 15 is 0 Å². The minimum absolute atomic E-state index is 0.763. The summed E-state index contributed by atoms with van der Waals surface area (Å²) < 4.78 is 3.09. The van der Waals surface area contributed by atoms with E-state index in [1.807, 2.05) is 29.8 Å². The van der Waals surface area contributed by atoms with Crippen LogP contribution in [-0.4, -0.2) is 16.3 Å². The summed E-state index contributed by atoms with van der Waals surface area (Å²) in [7, 11) is 0. The van der Waals surface area contributed by atoms with Crippen molar-refractivity contribution >= 4 is 33.3 Å². The van der Waals surface area contributed by atoms with Gasteiger partial charge in [-0.25, -0.2) is 4.68 Å². The molecule has 2 aromatic carbocycles. The number of halogens is 2. The smallest absolute Gasteiger partial charge is 0.133 e. The van der Waals surface area contributed by atoms with Crippen molar-refractivity contribution < 1.29 is 0 Å². The van der Waals surface area contributed by atoms with Gasteiger partial charge in [0.2, 0.25) is 0 Å². The van der Waals surface area contributed by atoms with Crippen LogP contribution in [0.2, 0.25) is 5.02 Å². The molecule has 0 spiro atoms. The molecule has 2 heterocycles. The average molecular weight is 417 g/mol. The van der Waals surface area contributed by atoms with E-state index in [4.69, 9.17) is 16.7 Å². The number of benzene rings is 2. The summed E-state index contributed by atoms with van der Waals surface area (Å²) in [5.41, 5.74) is 5.54. The van der Waals surface area contributed by atoms with Gasteiger partial charge in [0.1, 0.15) is 5.82 Å². The third kappa shape index (κ3) is 3.09. The van der Waals surface area contributed by atoms with Crippen LogP contribution in [0.3, 0.4) is 0 Å². The molecule has 3 aromatic rings. The number of hydrogen-bond donors (Lipinski definition) is 1. The van der Waals surface area contributed by atoms with Crippen LogP contribution in [0.4, 0.5) is 5.82 Å². The first-order valence-corrected chi connectivity index (χ1v) is 9.69. The van der Waals surface area contributed by atoms with E-state index in [0.29, 0.717) is 0 Å². The highest BCUT2D eigenvalue weighted by atomic mass is 79.9. The normalized spacial score (nSPS) is 13.9. The van der Waals surface area contributed by atoms with Gasteiger partial charge in [-0.05, 0) is 56.0 Å². The Morgan fingerprint density at radius 1 is 1.16 bits per heavy atom. The van der Waals surface area contributed by atoms with Crippen LogP contribution in [0.15, 0.2) is 46.9 Å². The Labute approximate surface area is 161 Å². The van der Waals surface area contributed by atoms with E-state index in [-0.39, 0.29) is 0 Å². The summed E-state index contributed by atoms with van der Waals surface area (Å²) in [6, 6.07) is 14.3. The SMILES string of the molecule is Cc1c(Cl)cccc1-n1nc(-c2cccc(Br)c2)c2c1NCCCC2. The number of aromatic nitrogens is 2. The van der Waals surface area contributed by atoms with Gasteiger partial charge >= 0.3 is 0 Å². The van der Waals surface area contributed by atoms with Crippen molar-refractivity contribution in [3.05, 3.63) is 63.1 Å². The van der Waals surface area contributed by atoms with Gasteiger partial charge in [-0.3, -0.25) is 0 Å². The molecule has 3 nitrogen and oxygen atoms in total. The van der Waals surface area contributed by atoms with E-state index in [2.05, 4.69) is 45.5 Å². The van der Waals surface area contributed by atoms with Gasteiger partial charge < -0.3 is 5.32 Å². The molecule has 0 bridgehead atoms. The Kier molecular flexibility index (Phi) is 4.57. The van der Waals surface area contributed by atoms with E-state index in [1.165, 1.54) is 18.4 Å². The maximum atomic E-state index is 6.36. The lowest BCUT2D eigenvalue weighted by Gasteiger charge is -2.12. The number of fused-ring (bicyclic) bond motifs is 1. The molecule has 1 N–H and O–H groups in total. The highest BCUT2D eigenvalue weighted by Crippen LogP contribution is 2.36. The summed E-state index contributed by atoms with van der Waals surface area (Å²) in [6.07, 6.45) is 3.37. The molecule has 0 saturated carbocycles. The number of hydrogen-bond acceptors (Lipinski definition) is 2. The van der Waals surface area contributed by atoms with Crippen molar-refractivity contribution in [1.29, 1.82) is 0 Å². The van der Waals surface area contributed by atoms with Gasteiger partial charge in [0, 0.05) is 27.2 Å². The Morgan fingerprint density at radius 3 is 2.84 bits per heavy atom. The van der Waals surface area contributed by atoms with Crippen LogP contribution in [-0.2, 0) is 6.42 Å². The molecule has 0 unspecified atom stereocenters. The molecule has 0 saturated heterocycles. The van der Waals surface area contributed by atoms with Crippen molar-refractivity contribution in [3.8, 4) is 16.9 Å². The van der Waals surface area contributed by atoms with Gasteiger partial charge in [0.05, 0.1) is 11.4 Å². The summed E-state index contributed by atoms with van der Waals surface area (Å²) in [6.45, 7) is 3.01. The largest absolute Gasteiger partial charge is 0.370 e. The lowest BCUT2D eigenvalue weighted by molar-refractivity contribution is 0.779. The molecule has 1 aliphatic heterocycles. The second kappa shape index (κ2) is 6.85. The zero-order chi connectivity index (χ0) is 17.4. The molecule has 0 fully saturated rings. The molecular weight excluding hydrogens is 398 g/mol. The van der Waals surface area contributed by atoms with Gasteiger partial charge in [-0.15, -0.1) is 0 Å². The number of anilines is 1. The van der Waals surface area contributed by atoms with Crippen molar-refractivity contribution in [2.45, 2.75) is 26.2 Å². The summed E-state index contributed by atoms with van der Waals surface area (Å²) in [5.74, 6) is 1.10. The molecule has 128 valence electrons. The topological polar surface area (TPSA) is 29.9 Å². The first kappa shape index (κ1) is 16.7. The Morgan fingerprint density at radius 2 is 2.00 bits per heavy atom. The van der Waals surface area contributed by atoms with Crippen LogP contribution in [0.25, 0.3) is 16.9 Å². The zero-order valence-electron chi connectivity index (χ0n) is 14.0. The molecule has 0 atom stereocenters. The zero-order valence-corrected chi connectivity index (χ0v) is 16.4. The molecular formula is C20H19BrClN3. The van der Waals surface area contributed by atoms with Crippen molar-refractivity contribution in [2.24, 2.45) is 0 Å². The lowest BCUT2D eigenvalue weighted by Crippen LogP contribution is -2.08. The second-order valence-corrected chi connectivity index (χ2v) is 7.69. The van der Waals surface area contributed by atoms with Gasteiger partial charge in [0.15, 0.2) is 0 Å². The molecule has 25 heavy (non-hydrogen) atoms. The fourth-order valence-corrected chi connectivity index (χ4v) is 3.94. The van der Waals surface area contributed by atoms with E-state index in [1.54, 1.807) is 0 Å². The minimum Gasteiger partial charge on any atom is -0.370 e. The van der Waals surface area contributed by atoms with E-state index in [0.717, 1.165) is 50.8 Å². The second-order valence-electron chi connectivity index (χ2n) is 6.37. The Balaban J connectivity index is 1.95. The van der Waals surface area contributed by atoms with Crippen molar-refractivity contribution in [1.82, 2.24) is 9.78 Å². The highest BCUT2D eigenvalue weighted by molar-refractivity contribution is 9.10. The fraction of sp³-hybridized carbons (Fsp3) is 0.250. The minimum atomic E-state index is 0.763. The lowest BCUT2D eigenvalue weighted by atomic mass is 10.0. The van der Waals surface area contributed by atoms with Crippen LogP contribution in [0.1, 0.15) is 24.0 Å². The van der Waals surface area contributed by atoms with Crippen LogP contribution >= 0.6 is 27.5 Å². The Hall–Kier alpha value is -1.78. The molecule has 1 aliphatic rings. The van der Waals surface area contributed by atoms with E-state index in [9.17, 15) is 0 Å². The number of nitrogens with one attached hydrogen (secondary N) is 1. The molecule has 5 heteroatoms. The Bertz CT molecular complexity index is 933. The molecule has 0 aliphatic carbocycles. The molecule has 0 amide bonds.